The molecule has 2 aromatic rings. The van der Waals surface area contributed by atoms with Gasteiger partial charge in [-0.2, -0.15) is 0 Å². The van der Waals surface area contributed by atoms with E-state index in [0.29, 0.717) is 19.7 Å². The van der Waals surface area contributed by atoms with Crippen LogP contribution in [0.15, 0.2) is 53.8 Å². The molecule has 2 unspecified atom stereocenters. The van der Waals surface area contributed by atoms with Crippen LogP contribution in [0.5, 0.6) is 5.75 Å². The standard InChI is InChI=1S/C21H27FN4O2/c1-3-24-21(25-11-12-27-19-5-4-10-23-13-19)26-14-16(2)28-20(15-26)17-6-8-18(22)9-7-17/h4-10,13,16,20H,3,11-12,14-15H2,1-2H3,(H,24,25). The minimum absolute atomic E-state index is 0.0410. The molecule has 2 heterocycles. The highest BCUT2D eigenvalue weighted by Gasteiger charge is 2.28. The quantitative estimate of drug-likeness (QED) is 0.470. The van der Waals surface area contributed by atoms with Gasteiger partial charge < -0.3 is 19.7 Å². The van der Waals surface area contributed by atoms with Gasteiger partial charge in [-0.15, -0.1) is 0 Å². The van der Waals surface area contributed by atoms with Gasteiger partial charge in [0.1, 0.15) is 24.3 Å². The van der Waals surface area contributed by atoms with Crippen molar-refractivity contribution in [3.8, 4) is 5.75 Å². The monoisotopic (exact) mass is 386 g/mol. The zero-order chi connectivity index (χ0) is 19.8. The summed E-state index contributed by atoms with van der Waals surface area (Å²) in [7, 11) is 0. The van der Waals surface area contributed by atoms with Crippen molar-refractivity contribution in [2.24, 2.45) is 4.99 Å². The highest BCUT2D eigenvalue weighted by Crippen LogP contribution is 2.25. The summed E-state index contributed by atoms with van der Waals surface area (Å²) in [5.74, 6) is 1.33. The number of hydrogen-bond donors (Lipinski definition) is 1. The lowest BCUT2D eigenvalue weighted by Crippen LogP contribution is -2.50. The number of rotatable bonds is 6. The molecule has 1 aromatic carbocycles. The molecular formula is C21H27FN4O2. The number of guanidine groups is 1. The minimum Gasteiger partial charge on any atom is -0.490 e. The van der Waals surface area contributed by atoms with Crippen LogP contribution in [0.25, 0.3) is 0 Å². The van der Waals surface area contributed by atoms with Gasteiger partial charge in [-0.3, -0.25) is 4.98 Å². The van der Waals surface area contributed by atoms with Gasteiger partial charge in [0.25, 0.3) is 0 Å². The van der Waals surface area contributed by atoms with Crippen molar-refractivity contribution in [3.05, 3.63) is 60.2 Å². The van der Waals surface area contributed by atoms with Crippen LogP contribution in [0, 0.1) is 5.82 Å². The van der Waals surface area contributed by atoms with Gasteiger partial charge in [-0.1, -0.05) is 12.1 Å². The molecule has 1 aliphatic rings. The van der Waals surface area contributed by atoms with Crippen LogP contribution in [0.4, 0.5) is 4.39 Å². The van der Waals surface area contributed by atoms with Gasteiger partial charge in [0, 0.05) is 19.3 Å². The Morgan fingerprint density at radius 1 is 1.32 bits per heavy atom. The van der Waals surface area contributed by atoms with E-state index in [2.05, 4.69) is 15.2 Å². The normalized spacial score (nSPS) is 20.1. The van der Waals surface area contributed by atoms with Gasteiger partial charge in [-0.05, 0) is 43.7 Å². The molecule has 0 radical (unpaired) electrons. The third kappa shape index (κ3) is 5.66. The smallest absolute Gasteiger partial charge is 0.194 e. The number of hydrogen-bond acceptors (Lipinski definition) is 4. The molecule has 0 bridgehead atoms. The van der Waals surface area contributed by atoms with Crippen LogP contribution in [0.2, 0.25) is 0 Å². The fourth-order valence-corrected chi connectivity index (χ4v) is 3.16. The molecule has 1 aliphatic heterocycles. The lowest BCUT2D eigenvalue weighted by Gasteiger charge is -2.38. The minimum atomic E-state index is -0.243. The fraction of sp³-hybridized carbons (Fsp3) is 0.429. The number of aromatic nitrogens is 1. The lowest BCUT2D eigenvalue weighted by atomic mass is 10.1. The summed E-state index contributed by atoms with van der Waals surface area (Å²) in [5.41, 5.74) is 0.966. The Balaban J connectivity index is 1.63. The Morgan fingerprint density at radius 3 is 2.86 bits per heavy atom. The first-order valence-electron chi connectivity index (χ1n) is 9.62. The van der Waals surface area contributed by atoms with E-state index in [1.54, 1.807) is 24.5 Å². The molecule has 0 saturated carbocycles. The summed E-state index contributed by atoms with van der Waals surface area (Å²) in [6.45, 7) is 7.26. The number of pyridine rings is 1. The molecule has 6 nitrogen and oxygen atoms in total. The molecular weight excluding hydrogens is 359 g/mol. The molecule has 0 spiro atoms. The van der Waals surface area contributed by atoms with Gasteiger partial charge in [0.05, 0.1) is 25.4 Å². The van der Waals surface area contributed by atoms with Crippen molar-refractivity contribution in [2.45, 2.75) is 26.1 Å². The second kappa shape index (κ2) is 10.0. The number of ether oxygens (including phenoxy) is 2. The van der Waals surface area contributed by atoms with Crippen LogP contribution in [0.3, 0.4) is 0 Å². The Hall–Kier alpha value is -2.67. The van der Waals surface area contributed by atoms with Crippen molar-refractivity contribution in [3.63, 3.8) is 0 Å². The van der Waals surface area contributed by atoms with Crippen LogP contribution in [0.1, 0.15) is 25.5 Å². The zero-order valence-electron chi connectivity index (χ0n) is 16.3. The lowest BCUT2D eigenvalue weighted by molar-refractivity contribution is -0.0605. The number of aliphatic imine (C=N–C) groups is 1. The molecule has 150 valence electrons. The van der Waals surface area contributed by atoms with Crippen LogP contribution in [-0.4, -0.2) is 54.7 Å². The Bertz CT molecular complexity index is 755. The van der Waals surface area contributed by atoms with E-state index in [1.807, 2.05) is 26.0 Å². The number of halogens is 1. The fourth-order valence-electron chi connectivity index (χ4n) is 3.16. The highest BCUT2D eigenvalue weighted by molar-refractivity contribution is 5.80. The van der Waals surface area contributed by atoms with Crippen molar-refractivity contribution in [2.75, 3.05) is 32.8 Å². The molecule has 3 rings (SSSR count). The molecule has 1 N–H and O–H groups in total. The predicted molar refractivity (Wildman–Crippen MR) is 107 cm³/mol. The van der Waals surface area contributed by atoms with Crippen molar-refractivity contribution < 1.29 is 13.9 Å². The Morgan fingerprint density at radius 2 is 2.14 bits per heavy atom. The van der Waals surface area contributed by atoms with E-state index in [0.717, 1.165) is 30.4 Å². The van der Waals surface area contributed by atoms with Crippen LogP contribution < -0.4 is 10.1 Å². The Kier molecular flexibility index (Phi) is 7.19. The third-order valence-corrected chi connectivity index (χ3v) is 4.39. The summed E-state index contributed by atoms with van der Waals surface area (Å²) >= 11 is 0. The molecule has 2 atom stereocenters. The number of nitrogens with one attached hydrogen (secondary N) is 1. The third-order valence-electron chi connectivity index (χ3n) is 4.39. The summed E-state index contributed by atoms with van der Waals surface area (Å²) in [4.78, 5) is 10.9. The van der Waals surface area contributed by atoms with E-state index in [4.69, 9.17) is 14.5 Å². The van der Waals surface area contributed by atoms with E-state index >= 15 is 0 Å². The van der Waals surface area contributed by atoms with E-state index in [1.165, 1.54) is 12.1 Å². The van der Waals surface area contributed by atoms with Gasteiger partial charge in [0.2, 0.25) is 0 Å². The molecule has 7 heteroatoms. The maximum Gasteiger partial charge on any atom is 0.194 e. The summed E-state index contributed by atoms with van der Waals surface area (Å²) in [5, 5.41) is 3.35. The maximum absolute atomic E-state index is 13.2. The molecule has 0 amide bonds. The van der Waals surface area contributed by atoms with E-state index in [-0.39, 0.29) is 18.0 Å². The van der Waals surface area contributed by atoms with Gasteiger partial charge in [-0.25, -0.2) is 9.38 Å². The summed E-state index contributed by atoms with van der Waals surface area (Å²) in [6, 6.07) is 10.2. The second-order valence-corrected chi connectivity index (χ2v) is 6.66. The first-order chi connectivity index (χ1) is 13.7. The van der Waals surface area contributed by atoms with Crippen molar-refractivity contribution >= 4 is 5.96 Å². The first-order valence-corrected chi connectivity index (χ1v) is 9.62. The maximum atomic E-state index is 13.2. The first kappa shape index (κ1) is 20.1. The molecule has 28 heavy (non-hydrogen) atoms. The van der Waals surface area contributed by atoms with Gasteiger partial charge in [0.15, 0.2) is 5.96 Å². The topological polar surface area (TPSA) is 59.0 Å². The number of nitrogens with zero attached hydrogens (tertiary/aromatic N) is 3. The average molecular weight is 386 g/mol. The number of benzene rings is 1. The zero-order valence-corrected chi connectivity index (χ0v) is 16.3. The van der Waals surface area contributed by atoms with Crippen molar-refractivity contribution in [1.29, 1.82) is 0 Å². The average Bonchev–Trinajstić information content (AvgIpc) is 2.71. The predicted octanol–water partition coefficient (Wildman–Crippen LogP) is 3.03. The summed E-state index contributed by atoms with van der Waals surface area (Å²) < 4.78 is 25.0. The molecule has 1 aromatic heterocycles. The molecule has 1 fully saturated rings. The highest BCUT2D eigenvalue weighted by atomic mass is 19.1. The summed E-state index contributed by atoms with van der Waals surface area (Å²) in [6.07, 6.45) is 3.32. The van der Waals surface area contributed by atoms with Crippen molar-refractivity contribution in [1.82, 2.24) is 15.2 Å². The number of morpholine rings is 1. The van der Waals surface area contributed by atoms with Crippen LogP contribution >= 0.6 is 0 Å². The van der Waals surface area contributed by atoms with Crippen LogP contribution in [-0.2, 0) is 4.74 Å². The Labute approximate surface area is 165 Å². The molecule has 1 saturated heterocycles. The van der Waals surface area contributed by atoms with E-state index in [9.17, 15) is 4.39 Å². The second-order valence-electron chi connectivity index (χ2n) is 6.66. The van der Waals surface area contributed by atoms with Gasteiger partial charge >= 0.3 is 0 Å². The largest absolute Gasteiger partial charge is 0.490 e. The SMILES string of the molecule is CCNC(=NCCOc1cccnc1)N1CC(C)OC(c2ccc(F)cc2)C1. The van der Waals surface area contributed by atoms with E-state index < -0.39 is 0 Å². The molecule has 0 aliphatic carbocycles.